The fraction of sp³-hybridized carbons (Fsp3) is 0. The van der Waals surface area contributed by atoms with Crippen molar-refractivity contribution in [3.63, 3.8) is 0 Å². The van der Waals surface area contributed by atoms with E-state index in [0.717, 1.165) is 0 Å². The molecule has 0 spiro atoms. The summed E-state index contributed by atoms with van der Waals surface area (Å²) in [5.41, 5.74) is 8.53. The Bertz CT molecular complexity index is 2430. The maximum atomic E-state index is 3.58. The number of para-hydroxylation sites is 2. The molecule has 2 heteroatoms. The summed E-state index contributed by atoms with van der Waals surface area (Å²) in [5, 5.41) is 10.1. The first-order valence-corrected chi connectivity index (χ1v) is 13.8. The van der Waals surface area contributed by atoms with Crippen LogP contribution in [-0.2, 0) is 0 Å². The molecule has 40 heavy (non-hydrogen) atoms. The van der Waals surface area contributed by atoms with Crippen LogP contribution in [0.15, 0.2) is 140 Å². The first kappa shape index (κ1) is 21.6. The lowest BCUT2D eigenvalue weighted by molar-refractivity contribution is 1.20. The molecule has 0 amide bonds. The molecule has 0 aliphatic rings. The average Bonchev–Trinajstić information content (AvgIpc) is 3.56. The van der Waals surface area contributed by atoms with Gasteiger partial charge >= 0.3 is 0 Å². The van der Waals surface area contributed by atoms with Crippen molar-refractivity contribution >= 4 is 65.2 Å². The van der Waals surface area contributed by atoms with E-state index in [-0.39, 0.29) is 0 Å². The van der Waals surface area contributed by atoms with Gasteiger partial charge in [0.1, 0.15) is 0 Å². The van der Waals surface area contributed by atoms with Crippen LogP contribution in [0.25, 0.3) is 82.0 Å². The Balaban J connectivity index is 1.43. The van der Waals surface area contributed by atoms with Crippen molar-refractivity contribution in [1.29, 1.82) is 0 Å². The third kappa shape index (κ3) is 2.93. The highest BCUT2D eigenvalue weighted by Crippen LogP contribution is 2.43. The van der Waals surface area contributed by atoms with Gasteiger partial charge in [0.25, 0.3) is 0 Å². The summed E-state index contributed by atoms with van der Waals surface area (Å²) in [5.74, 6) is 0. The highest BCUT2D eigenvalue weighted by molar-refractivity contribution is 6.23. The number of aromatic amines is 1. The van der Waals surface area contributed by atoms with Gasteiger partial charge in [0.2, 0.25) is 0 Å². The van der Waals surface area contributed by atoms with Crippen molar-refractivity contribution in [2.24, 2.45) is 0 Å². The first-order chi connectivity index (χ1) is 19.8. The molecule has 2 nitrogen and oxygen atoms in total. The van der Waals surface area contributed by atoms with Crippen molar-refractivity contribution < 1.29 is 0 Å². The average molecular weight is 509 g/mol. The quantitative estimate of drug-likeness (QED) is 0.240. The lowest BCUT2D eigenvalue weighted by Crippen LogP contribution is -1.96. The minimum absolute atomic E-state index is 1.17. The van der Waals surface area contributed by atoms with Gasteiger partial charge in [-0.25, -0.2) is 0 Å². The zero-order valence-electron chi connectivity index (χ0n) is 21.7. The summed E-state index contributed by atoms with van der Waals surface area (Å²) in [6.07, 6.45) is 0. The number of hydrogen-bond donors (Lipinski definition) is 1. The monoisotopic (exact) mass is 508 g/mol. The van der Waals surface area contributed by atoms with E-state index in [4.69, 9.17) is 0 Å². The number of aromatic nitrogens is 2. The van der Waals surface area contributed by atoms with Gasteiger partial charge in [-0.05, 0) is 58.3 Å². The third-order valence-electron chi connectivity index (χ3n) is 8.50. The zero-order valence-corrected chi connectivity index (χ0v) is 21.7. The van der Waals surface area contributed by atoms with Crippen LogP contribution in [0.1, 0.15) is 0 Å². The Labute approximate surface area is 230 Å². The number of nitrogens with zero attached hydrogens (tertiary/aromatic N) is 1. The molecule has 0 saturated heterocycles. The molecule has 0 unspecified atom stereocenters. The summed E-state index contributed by atoms with van der Waals surface area (Å²) in [6, 6.07) is 50.8. The number of H-pyrrole nitrogens is 1. The Hall–Kier alpha value is -5.34. The van der Waals surface area contributed by atoms with E-state index in [1.54, 1.807) is 0 Å². The molecule has 0 saturated carbocycles. The molecular weight excluding hydrogens is 484 g/mol. The Kier molecular flexibility index (Phi) is 4.36. The molecule has 0 aliphatic carbocycles. The van der Waals surface area contributed by atoms with E-state index in [9.17, 15) is 0 Å². The van der Waals surface area contributed by atoms with E-state index in [2.05, 4.69) is 149 Å². The minimum atomic E-state index is 1.17. The van der Waals surface area contributed by atoms with E-state index in [1.807, 2.05) is 0 Å². The van der Waals surface area contributed by atoms with Crippen molar-refractivity contribution in [1.82, 2.24) is 9.55 Å². The highest BCUT2D eigenvalue weighted by Gasteiger charge is 2.19. The Morgan fingerprint density at radius 1 is 0.425 bits per heavy atom. The molecule has 0 radical (unpaired) electrons. The molecule has 9 aromatic rings. The third-order valence-corrected chi connectivity index (χ3v) is 8.50. The molecule has 2 heterocycles. The fourth-order valence-corrected chi connectivity index (χ4v) is 6.73. The number of hydrogen-bond acceptors (Lipinski definition) is 0. The van der Waals surface area contributed by atoms with Crippen LogP contribution in [-0.4, -0.2) is 9.55 Å². The van der Waals surface area contributed by atoms with Crippen molar-refractivity contribution in [3.05, 3.63) is 140 Å². The predicted octanol–water partition coefficient (Wildman–Crippen LogP) is 10.4. The second-order valence-electron chi connectivity index (χ2n) is 10.6. The van der Waals surface area contributed by atoms with Gasteiger partial charge in [-0.3, -0.25) is 0 Å². The molecule has 7 aromatic carbocycles. The summed E-state index contributed by atoms with van der Waals surface area (Å²) in [7, 11) is 0. The van der Waals surface area contributed by atoms with Crippen LogP contribution in [0.4, 0.5) is 0 Å². The van der Waals surface area contributed by atoms with E-state index in [0.29, 0.717) is 0 Å². The highest BCUT2D eigenvalue weighted by atomic mass is 15.0. The van der Waals surface area contributed by atoms with Gasteiger partial charge in [-0.15, -0.1) is 0 Å². The summed E-state index contributed by atoms with van der Waals surface area (Å²) in [6.45, 7) is 0. The second-order valence-corrected chi connectivity index (χ2v) is 10.6. The number of nitrogens with one attached hydrogen (secondary N) is 1. The maximum absolute atomic E-state index is 3.58. The lowest BCUT2D eigenvalue weighted by atomic mass is 9.94. The van der Waals surface area contributed by atoms with Gasteiger partial charge in [0.15, 0.2) is 0 Å². The second kappa shape index (κ2) is 8.08. The molecule has 0 bridgehead atoms. The fourth-order valence-electron chi connectivity index (χ4n) is 6.73. The number of fused-ring (bicyclic) bond motifs is 9. The largest absolute Gasteiger partial charge is 0.355 e. The minimum Gasteiger partial charge on any atom is -0.355 e. The normalized spacial score (nSPS) is 12.0. The van der Waals surface area contributed by atoms with Crippen LogP contribution in [0.3, 0.4) is 0 Å². The summed E-state index contributed by atoms with van der Waals surface area (Å²) >= 11 is 0. The van der Waals surface area contributed by atoms with Crippen LogP contribution in [0.5, 0.6) is 0 Å². The Morgan fingerprint density at radius 3 is 2.00 bits per heavy atom. The molecule has 186 valence electrons. The molecule has 1 N–H and O–H groups in total. The molecule has 0 aliphatic heterocycles. The van der Waals surface area contributed by atoms with Crippen molar-refractivity contribution in [2.45, 2.75) is 0 Å². The smallest absolute Gasteiger partial charge is 0.0620 e. The van der Waals surface area contributed by atoms with Gasteiger partial charge in [0, 0.05) is 43.4 Å². The summed E-state index contributed by atoms with van der Waals surface area (Å²) < 4.78 is 2.47. The maximum Gasteiger partial charge on any atom is 0.0620 e. The van der Waals surface area contributed by atoms with Crippen molar-refractivity contribution in [3.8, 4) is 16.8 Å². The van der Waals surface area contributed by atoms with E-state index >= 15 is 0 Å². The zero-order chi connectivity index (χ0) is 26.2. The Morgan fingerprint density at radius 2 is 1.10 bits per heavy atom. The van der Waals surface area contributed by atoms with Gasteiger partial charge in [0.05, 0.1) is 16.7 Å². The van der Waals surface area contributed by atoms with Crippen LogP contribution in [0.2, 0.25) is 0 Å². The van der Waals surface area contributed by atoms with Gasteiger partial charge in [-0.2, -0.15) is 0 Å². The van der Waals surface area contributed by atoms with Gasteiger partial charge < -0.3 is 9.55 Å². The first-order valence-electron chi connectivity index (χ1n) is 13.8. The van der Waals surface area contributed by atoms with Crippen LogP contribution in [0, 0.1) is 0 Å². The summed E-state index contributed by atoms with van der Waals surface area (Å²) in [4.78, 5) is 3.58. The number of benzene rings is 7. The molecule has 0 atom stereocenters. The molecule has 2 aromatic heterocycles. The number of rotatable bonds is 2. The van der Waals surface area contributed by atoms with Crippen LogP contribution < -0.4 is 0 Å². The van der Waals surface area contributed by atoms with Crippen molar-refractivity contribution in [2.75, 3.05) is 0 Å². The van der Waals surface area contributed by atoms with Crippen LogP contribution >= 0.6 is 0 Å². The molecule has 9 rings (SSSR count). The SMILES string of the molecule is c1ccc2c(-n3c4ccccc4c4cc(-c5ccc6[nH]c7ccccc7c6c5)c5ccccc5c43)cccc2c1. The standard InChI is InChI=1S/C38H24N2/c1-2-12-26-24(10-1)11-9-19-36(26)40-37-18-8-6-15-29(37)33-23-31(27-13-3-4-16-30(27)38(33)40)25-20-21-35-32(22-25)28-14-5-7-17-34(28)39-35/h1-23,39H. The van der Waals surface area contributed by atoms with E-state index < -0.39 is 0 Å². The molecular formula is C38H24N2. The lowest BCUT2D eigenvalue weighted by Gasteiger charge is -2.14. The predicted molar refractivity (Wildman–Crippen MR) is 171 cm³/mol. The molecule has 0 fully saturated rings. The topological polar surface area (TPSA) is 20.7 Å². The van der Waals surface area contributed by atoms with E-state index in [1.165, 1.54) is 82.0 Å². The van der Waals surface area contributed by atoms with Gasteiger partial charge in [-0.1, -0.05) is 103 Å².